The Bertz CT molecular complexity index is 1030. The molecule has 2 nitrogen and oxygen atoms in total. The molecule has 0 aromatic heterocycles. The van der Waals surface area contributed by atoms with Crippen LogP contribution in [-0.2, 0) is 11.3 Å². The van der Waals surface area contributed by atoms with Crippen molar-refractivity contribution < 1.29 is 31.4 Å². The Morgan fingerprint density at radius 3 is 2.00 bits per heavy atom. The molecule has 0 amide bonds. The van der Waals surface area contributed by atoms with Crippen LogP contribution in [0.2, 0.25) is 0 Å². The van der Waals surface area contributed by atoms with E-state index < -0.39 is 41.3 Å². The van der Waals surface area contributed by atoms with Crippen LogP contribution in [0.25, 0.3) is 11.1 Å². The van der Waals surface area contributed by atoms with Gasteiger partial charge in [-0.05, 0) is 48.1 Å². The van der Waals surface area contributed by atoms with Crippen LogP contribution >= 0.6 is 0 Å². The molecule has 0 N–H and O–H groups in total. The number of hydrogen-bond acceptors (Lipinski definition) is 2. The summed E-state index contributed by atoms with van der Waals surface area (Å²) >= 11 is 0. The summed E-state index contributed by atoms with van der Waals surface area (Å²) in [5, 5.41) is 0. The van der Waals surface area contributed by atoms with Crippen molar-refractivity contribution in [2.45, 2.75) is 32.0 Å². The van der Waals surface area contributed by atoms with E-state index in [-0.39, 0.29) is 11.9 Å². The van der Waals surface area contributed by atoms with Gasteiger partial charge in [-0.15, -0.1) is 0 Å². The first-order valence-electron chi connectivity index (χ1n) is 9.89. The lowest BCUT2D eigenvalue weighted by Gasteiger charge is -2.23. The first-order valence-corrected chi connectivity index (χ1v) is 9.89. The number of rotatable bonds is 5. The van der Waals surface area contributed by atoms with Gasteiger partial charge in [0.15, 0.2) is 17.5 Å². The number of benzene rings is 3. The average molecular weight is 434 g/mol. The molecule has 7 heteroatoms. The maximum atomic E-state index is 14.5. The predicted octanol–water partition coefficient (Wildman–Crippen LogP) is 6.87. The summed E-state index contributed by atoms with van der Waals surface area (Å²) in [6, 6.07) is 10.9. The normalized spacial score (nSPS) is 16.4. The van der Waals surface area contributed by atoms with Gasteiger partial charge in [0.1, 0.15) is 24.0 Å². The molecule has 0 bridgehead atoms. The lowest BCUT2D eigenvalue weighted by atomic mass is 9.97. The minimum Gasteiger partial charge on any atom is -0.488 e. The Balaban J connectivity index is 1.50. The molecule has 0 aliphatic carbocycles. The van der Waals surface area contributed by atoms with Crippen molar-refractivity contribution in [3.63, 3.8) is 0 Å². The maximum Gasteiger partial charge on any atom is 0.194 e. The molecule has 31 heavy (non-hydrogen) atoms. The van der Waals surface area contributed by atoms with E-state index >= 15 is 0 Å². The second-order valence-corrected chi connectivity index (χ2v) is 7.39. The van der Waals surface area contributed by atoms with Crippen LogP contribution in [0.15, 0.2) is 48.5 Å². The molecule has 1 heterocycles. The van der Waals surface area contributed by atoms with E-state index in [0.717, 1.165) is 31.4 Å². The fourth-order valence-corrected chi connectivity index (χ4v) is 3.57. The third kappa shape index (κ3) is 4.71. The van der Waals surface area contributed by atoms with Gasteiger partial charge >= 0.3 is 0 Å². The van der Waals surface area contributed by atoms with Gasteiger partial charge in [0.2, 0.25) is 0 Å². The second-order valence-electron chi connectivity index (χ2n) is 7.39. The minimum absolute atomic E-state index is 0.0388. The Morgan fingerprint density at radius 1 is 0.774 bits per heavy atom. The van der Waals surface area contributed by atoms with E-state index in [1.807, 2.05) is 12.1 Å². The highest BCUT2D eigenvalue weighted by molar-refractivity contribution is 5.64. The van der Waals surface area contributed by atoms with E-state index in [1.54, 1.807) is 12.1 Å². The highest BCUT2D eigenvalue weighted by Gasteiger charge is 2.18. The zero-order valence-corrected chi connectivity index (χ0v) is 16.4. The smallest absolute Gasteiger partial charge is 0.194 e. The highest BCUT2D eigenvalue weighted by Crippen LogP contribution is 2.31. The van der Waals surface area contributed by atoms with Crippen molar-refractivity contribution in [2.75, 3.05) is 6.61 Å². The molecule has 0 radical (unpaired) electrons. The van der Waals surface area contributed by atoms with Crippen molar-refractivity contribution in [2.24, 2.45) is 0 Å². The molecule has 0 spiro atoms. The van der Waals surface area contributed by atoms with Crippen LogP contribution in [0.1, 0.15) is 36.5 Å². The van der Waals surface area contributed by atoms with E-state index in [1.165, 1.54) is 12.1 Å². The van der Waals surface area contributed by atoms with E-state index in [2.05, 4.69) is 0 Å². The third-order valence-electron chi connectivity index (χ3n) is 5.28. The standard InChI is InChI=1S/C24H19F5O2/c25-19-9-16(14-4-6-15(7-5-14)23-3-1-2-8-30-23)10-20(26)18(19)13-31-17-11-21(27)24(29)22(28)12-17/h4-7,9-12,23H,1-3,8,13H2. The summed E-state index contributed by atoms with van der Waals surface area (Å²) in [5.41, 5.74) is 1.59. The molecule has 1 atom stereocenters. The van der Waals surface area contributed by atoms with Gasteiger partial charge in [0.05, 0.1) is 11.7 Å². The summed E-state index contributed by atoms with van der Waals surface area (Å²) in [4.78, 5) is 0. The Kier molecular flexibility index (Phi) is 6.23. The zero-order valence-electron chi connectivity index (χ0n) is 16.4. The topological polar surface area (TPSA) is 18.5 Å². The van der Waals surface area contributed by atoms with E-state index in [9.17, 15) is 22.0 Å². The van der Waals surface area contributed by atoms with Crippen molar-refractivity contribution in [3.05, 3.63) is 88.7 Å². The van der Waals surface area contributed by atoms with Crippen molar-refractivity contribution in [1.29, 1.82) is 0 Å². The lowest BCUT2D eigenvalue weighted by Crippen LogP contribution is -2.11. The fourth-order valence-electron chi connectivity index (χ4n) is 3.57. The summed E-state index contributed by atoms with van der Waals surface area (Å²) in [7, 11) is 0. The van der Waals surface area contributed by atoms with Gasteiger partial charge in [-0.25, -0.2) is 22.0 Å². The molecule has 1 aliphatic heterocycles. The predicted molar refractivity (Wildman–Crippen MR) is 105 cm³/mol. The number of halogens is 5. The Hall–Kier alpha value is -2.93. The number of hydrogen-bond donors (Lipinski definition) is 0. The van der Waals surface area contributed by atoms with Crippen LogP contribution in [-0.4, -0.2) is 6.61 Å². The quantitative estimate of drug-likeness (QED) is 0.322. The molecule has 1 aliphatic rings. The summed E-state index contributed by atoms with van der Waals surface area (Å²) in [5.74, 6) is -6.65. The molecule has 1 fully saturated rings. The first kappa shape index (κ1) is 21.3. The zero-order chi connectivity index (χ0) is 22.0. The number of ether oxygens (including phenoxy) is 2. The molecule has 1 unspecified atom stereocenters. The van der Waals surface area contributed by atoms with Crippen LogP contribution in [0.4, 0.5) is 22.0 Å². The van der Waals surface area contributed by atoms with Gasteiger partial charge < -0.3 is 9.47 Å². The second kappa shape index (κ2) is 9.06. The summed E-state index contributed by atoms with van der Waals surface area (Å²) in [6.45, 7) is 0.115. The summed E-state index contributed by atoms with van der Waals surface area (Å²) in [6.07, 6.45) is 3.13. The van der Waals surface area contributed by atoms with Crippen LogP contribution in [0, 0.1) is 29.1 Å². The van der Waals surface area contributed by atoms with Gasteiger partial charge in [0.25, 0.3) is 0 Å². The van der Waals surface area contributed by atoms with Gasteiger partial charge in [-0.1, -0.05) is 24.3 Å². The summed E-state index contributed by atoms with van der Waals surface area (Å²) < 4.78 is 79.4. The minimum atomic E-state index is -1.64. The van der Waals surface area contributed by atoms with Crippen molar-refractivity contribution >= 4 is 0 Å². The van der Waals surface area contributed by atoms with Gasteiger partial charge in [0, 0.05) is 18.7 Å². The molecule has 3 aromatic carbocycles. The maximum absolute atomic E-state index is 14.5. The van der Waals surface area contributed by atoms with Crippen LogP contribution in [0.3, 0.4) is 0 Å². The average Bonchev–Trinajstić information content (AvgIpc) is 2.77. The Labute approximate surface area is 176 Å². The molecule has 4 rings (SSSR count). The highest BCUT2D eigenvalue weighted by atomic mass is 19.2. The van der Waals surface area contributed by atoms with Crippen LogP contribution < -0.4 is 4.74 Å². The van der Waals surface area contributed by atoms with Crippen molar-refractivity contribution in [1.82, 2.24) is 0 Å². The molecule has 3 aromatic rings. The van der Waals surface area contributed by atoms with Gasteiger partial charge in [-0.3, -0.25) is 0 Å². The van der Waals surface area contributed by atoms with Gasteiger partial charge in [-0.2, -0.15) is 0 Å². The molecule has 1 saturated heterocycles. The SMILES string of the molecule is Fc1cc(OCc2c(F)cc(-c3ccc(C4CCCCO4)cc3)cc2F)cc(F)c1F. The van der Waals surface area contributed by atoms with Crippen molar-refractivity contribution in [3.8, 4) is 16.9 Å². The third-order valence-corrected chi connectivity index (χ3v) is 5.28. The first-order chi connectivity index (χ1) is 14.9. The molecular formula is C24H19F5O2. The van der Waals surface area contributed by atoms with E-state index in [0.29, 0.717) is 23.3 Å². The Morgan fingerprint density at radius 2 is 1.42 bits per heavy atom. The monoisotopic (exact) mass is 434 g/mol. The molecule has 162 valence electrons. The molecule has 0 saturated carbocycles. The van der Waals surface area contributed by atoms with Crippen LogP contribution in [0.5, 0.6) is 5.75 Å². The lowest BCUT2D eigenvalue weighted by molar-refractivity contribution is 0.0149. The largest absolute Gasteiger partial charge is 0.488 e. The van der Waals surface area contributed by atoms with E-state index in [4.69, 9.17) is 9.47 Å². The molecular weight excluding hydrogens is 415 g/mol. The fraction of sp³-hybridized carbons (Fsp3) is 0.250.